The summed E-state index contributed by atoms with van der Waals surface area (Å²) in [6, 6.07) is -0.453. The van der Waals surface area contributed by atoms with Crippen molar-refractivity contribution in [2.75, 3.05) is 44.7 Å². The van der Waals surface area contributed by atoms with Crippen LogP contribution in [0.1, 0.15) is 12.8 Å². The highest BCUT2D eigenvalue weighted by Crippen LogP contribution is 2.18. The van der Waals surface area contributed by atoms with Crippen molar-refractivity contribution in [1.82, 2.24) is 15.5 Å². The molecule has 0 aromatic heterocycles. The summed E-state index contributed by atoms with van der Waals surface area (Å²) in [5, 5.41) is 5.43. The van der Waals surface area contributed by atoms with E-state index in [1.165, 1.54) is 0 Å². The lowest BCUT2D eigenvalue weighted by Gasteiger charge is -2.31. The number of hydrogen-bond acceptors (Lipinski definition) is 5. The average Bonchev–Trinajstić information content (AvgIpc) is 2.65. The van der Waals surface area contributed by atoms with Gasteiger partial charge in [0.1, 0.15) is 0 Å². The Morgan fingerprint density at radius 3 is 2.48 bits per heavy atom. The van der Waals surface area contributed by atoms with Crippen LogP contribution in [0.15, 0.2) is 0 Å². The number of carbonyl (C=O) groups is 1. The zero-order valence-electron chi connectivity index (χ0n) is 12.3. The number of sulfone groups is 1. The molecule has 0 bridgehead atoms. The third-order valence-electron chi connectivity index (χ3n) is 4.20. The minimum absolute atomic E-state index is 0.0445. The van der Waals surface area contributed by atoms with Gasteiger partial charge in [-0.05, 0) is 45.4 Å². The van der Waals surface area contributed by atoms with Crippen LogP contribution in [-0.2, 0) is 14.6 Å². The van der Waals surface area contributed by atoms with E-state index in [0.29, 0.717) is 12.5 Å². The van der Waals surface area contributed by atoms with E-state index in [1.54, 1.807) is 0 Å². The summed E-state index contributed by atoms with van der Waals surface area (Å²) in [4.78, 5) is 14.1. The normalized spacial score (nSPS) is 30.4. The highest BCUT2D eigenvalue weighted by atomic mass is 35.5. The van der Waals surface area contributed by atoms with Gasteiger partial charge in [0.2, 0.25) is 5.91 Å². The van der Waals surface area contributed by atoms with Crippen molar-refractivity contribution < 1.29 is 13.2 Å². The molecule has 2 N–H and O–H groups in total. The molecule has 2 atom stereocenters. The van der Waals surface area contributed by atoms with Crippen LogP contribution < -0.4 is 10.6 Å². The van der Waals surface area contributed by atoms with Crippen LogP contribution in [0.5, 0.6) is 0 Å². The Labute approximate surface area is 131 Å². The maximum atomic E-state index is 12.0. The number of piperidine rings is 1. The molecule has 1 amide bonds. The summed E-state index contributed by atoms with van der Waals surface area (Å²) in [6.07, 6.45) is 2.17. The summed E-state index contributed by atoms with van der Waals surface area (Å²) in [6.45, 7) is 3.17. The Hall–Kier alpha value is -0.370. The van der Waals surface area contributed by atoms with E-state index in [4.69, 9.17) is 11.6 Å². The van der Waals surface area contributed by atoms with E-state index >= 15 is 0 Å². The standard InChI is InChI=1S/C13H24ClN3O3S/c1-15-6-10-2-4-17(5-3-10)7-13(18)16-12-9-21(19,20)8-11(12)14/h10-12,15H,2-9H2,1H3,(H,16,18). The smallest absolute Gasteiger partial charge is 0.234 e. The fraction of sp³-hybridized carbons (Fsp3) is 0.923. The van der Waals surface area contributed by atoms with Gasteiger partial charge in [-0.1, -0.05) is 0 Å². The fourth-order valence-electron chi connectivity index (χ4n) is 3.03. The summed E-state index contributed by atoms with van der Waals surface area (Å²) in [5.41, 5.74) is 0. The van der Waals surface area contributed by atoms with Crippen molar-refractivity contribution >= 4 is 27.3 Å². The Morgan fingerprint density at radius 1 is 1.29 bits per heavy atom. The third-order valence-corrected chi connectivity index (χ3v) is 6.57. The minimum Gasteiger partial charge on any atom is -0.350 e. The summed E-state index contributed by atoms with van der Waals surface area (Å²) in [7, 11) is -1.15. The van der Waals surface area contributed by atoms with Crippen molar-refractivity contribution in [3.05, 3.63) is 0 Å². The number of nitrogens with one attached hydrogen (secondary N) is 2. The predicted molar refractivity (Wildman–Crippen MR) is 83.3 cm³/mol. The van der Waals surface area contributed by atoms with Crippen molar-refractivity contribution in [3.63, 3.8) is 0 Å². The monoisotopic (exact) mass is 337 g/mol. The molecule has 2 fully saturated rings. The van der Waals surface area contributed by atoms with E-state index in [2.05, 4.69) is 15.5 Å². The van der Waals surface area contributed by atoms with Gasteiger partial charge in [-0.3, -0.25) is 9.69 Å². The Kier molecular flexibility index (Phi) is 5.88. The van der Waals surface area contributed by atoms with Gasteiger partial charge in [0.15, 0.2) is 9.84 Å². The minimum atomic E-state index is -3.10. The van der Waals surface area contributed by atoms with Gasteiger partial charge in [-0.2, -0.15) is 0 Å². The fourth-order valence-corrected chi connectivity index (χ4v) is 5.58. The molecular weight excluding hydrogens is 314 g/mol. The van der Waals surface area contributed by atoms with Crippen LogP contribution in [0.3, 0.4) is 0 Å². The second-order valence-corrected chi connectivity index (χ2v) is 8.76. The van der Waals surface area contributed by atoms with Gasteiger partial charge in [-0.15, -0.1) is 11.6 Å². The van der Waals surface area contributed by atoms with Crippen LogP contribution >= 0.6 is 11.6 Å². The van der Waals surface area contributed by atoms with Gasteiger partial charge < -0.3 is 10.6 Å². The third kappa shape index (κ3) is 5.09. The first-order valence-corrected chi connectivity index (χ1v) is 9.66. The lowest BCUT2D eigenvalue weighted by Crippen LogP contribution is -2.47. The lowest BCUT2D eigenvalue weighted by atomic mass is 9.97. The number of halogens is 1. The molecular formula is C13H24ClN3O3S. The molecule has 0 saturated carbocycles. The molecule has 2 saturated heterocycles. The second-order valence-electron chi connectivity index (χ2n) is 6.04. The number of hydrogen-bond donors (Lipinski definition) is 2. The zero-order chi connectivity index (χ0) is 15.5. The van der Waals surface area contributed by atoms with Crippen LogP contribution in [0.25, 0.3) is 0 Å². The number of carbonyl (C=O) groups excluding carboxylic acids is 1. The first kappa shape index (κ1) is 17.0. The molecule has 0 radical (unpaired) electrons. The van der Waals surface area contributed by atoms with E-state index in [9.17, 15) is 13.2 Å². The van der Waals surface area contributed by atoms with Crippen molar-refractivity contribution in [2.24, 2.45) is 5.92 Å². The molecule has 2 unspecified atom stereocenters. The number of amides is 1. The maximum absolute atomic E-state index is 12.0. The molecule has 0 aromatic carbocycles. The maximum Gasteiger partial charge on any atom is 0.234 e. The van der Waals surface area contributed by atoms with Gasteiger partial charge in [0.25, 0.3) is 0 Å². The highest BCUT2D eigenvalue weighted by molar-refractivity contribution is 7.91. The van der Waals surface area contributed by atoms with Crippen molar-refractivity contribution in [3.8, 4) is 0 Å². The van der Waals surface area contributed by atoms with Crippen molar-refractivity contribution in [2.45, 2.75) is 24.3 Å². The molecule has 0 aliphatic carbocycles. The van der Waals surface area contributed by atoms with Gasteiger partial charge in [0.05, 0.1) is 29.5 Å². The van der Waals surface area contributed by atoms with Crippen LogP contribution in [0, 0.1) is 5.92 Å². The Morgan fingerprint density at radius 2 is 1.95 bits per heavy atom. The Balaban J connectivity index is 1.73. The predicted octanol–water partition coefficient (Wildman–Crippen LogP) is -0.562. The van der Waals surface area contributed by atoms with Crippen LogP contribution in [0.2, 0.25) is 0 Å². The highest BCUT2D eigenvalue weighted by Gasteiger charge is 2.37. The van der Waals surface area contributed by atoms with Crippen LogP contribution in [-0.4, -0.2) is 75.4 Å². The second kappa shape index (κ2) is 7.26. The van der Waals surface area contributed by atoms with Crippen LogP contribution in [0.4, 0.5) is 0 Å². The number of rotatable bonds is 5. The molecule has 2 rings (SSSR count). The molecule has 21 heavy (non-hydrogen) atoms. The summed E-state index contributed by atoms with van der Waals surface area (Å²) >= 11 is 5.99. The van der Waals surface area contributed by atoms with E-state index < -0.39 is 21.3 Å². The van der Waals surface area contributed by atoms with Gasteiger partial charge in [0, 0.05) is 0 Å². The first-order valence-electron chi connectivity index (χ1n) is 7.40. The molecule has 0 aromatic rings. The number of nitrogens with zero attached hydrogens (tertiary/aromatic N) is 1. The Bertz CT molecular complexity index is 463. The SMILES string of the molecule is CNCC1CCN(CC(=O)NC2CS(=O)(=O)CC2Cl)CC1. The molecule has 122 valence electrons. The molecule has 2 aliphatic heterocycles. The van der Waals surface area contributed by atoms with Gasteiger partial charge in [-0.25, -0.2) is 8.42 Å². The number of alkyl halides is 1. The molecule has 0 spiro atoms. The van der Waals surface area contributed by atoms with E-state index in [0.717, 1.165) is 32.5 Å². The molecule has 2 aliphatic rings. The van der Waals surface area contributed by atoms with E-state index in [-0.39, 0.29) is 17.4 Å². The largest absolute Gasteiger partial charge is 0.350 e. The molecule has 2 heterocycles. The average molecular weight is 338 g/mol. The molecule has 6 nitrogen and oxygen atoms in total. The first-order chi connectivity index (χ1) is 9.89. The lowest BCUT2D eigenvalue weighted by molar-refractivity contribution is -0.123. The summed E-state index contributed by atoms with van der Waals surface area (Å²) < 4.78 is 22.9. The quantitative estimate of drug-likeness (QED) is 0.657. The van der Waals surface area contributed by atoms with E-state index in [1.807, 2.05) is 7.05 Å². The summed E-state index contributed by atoms with van der Waals surface area (Å²) in [5.74, 6) is 0.461. The zero-order valence-corrected chi connectivity index (χ0v) is 13.9. The molecule has 8 heteroatoms. The van der Waals surface area contributed by atoms with Crippen molar-refractivity contribution in [1.29, 1.82) is 0 Å². The van der Waals surface area contributed by atoms with Gasteiger partial charge >= 0.3 is 0 Å². The number of likely N-dealkylation sites (tertiary alicyclic amines) is 1. The topological polar surface area (TPSA) is 78.5 Å².